The van der Waals surface area contributed by atoms with Gasteiger partial charge in [0.15, 0.2) is 0 Å². The van der Waals surface area contributed by atoms with Gasteiger partial charge in [-0.3, -0.25) is 4.79 Å². The van der Waals surface area contributed by atoms with Crippen molar-refractivity contribution in [2.45, 2.75) is 25.8 Å². The summed E-state index contributed by atoms with van der Waals surface area (Å²) in [6, 6.07) is 6.58. The van der Waals surface area contributed by atoms with Crippen LogP contribution >= 0.6 is 0 Å². The molecule has 0 heterocycles. The Morgan fingerprint density at radius 2 is 1.90 bits per heavy atom. The summed E-state index contributed by atoms with van der Waals surface area (Å²) < 4.78 is 24.8. The maximum absolute atomic E-state index is 11.8. The van der Waals surface area contributed by atoms with Crippen molar-refractivity contribution in [3.05, 3.63) is 29.8 Å². The van der Waals surface area contributed by atoms with Crippen molar-refractivity contribution in [2.75, 3.05) is 12.8 Å². The van der Waals surface area contributed by atoms with E-state index in [1.165, 1.54) is 6.07 Å². The predicted molar refractivity (Wildman–Crippen MR) is 76.9 cm³/mol. The summed E-state index contributed by atoms with van der Waals surface area (Å²) >= 11 is 0. The van der Waals surface area contributed by atoms with Crippen molar-refractivity contribution in [3.63, 3.8) is 0 Å². The van der Waals surface area contributed by atoms with Crippen LogP contribution in [0.3, 0.4) is 0 Å². The highest BCUT2D eigenvalue weighted by Crippen LogP contribution is 2.15. The first-order chi connectivity index (χ1) is 9.09. The Kier molecular flexibility index (Phi) is 5.13. The van der Waals surface area contributed by atoms with E-state index in [4.69, 9.17) is 0 Å². The zero-order valence-electron chi connectivity index (χ0n) is 11.8. The molecule has 0 aromatic heterocycles. The van der Waals surface area contributed by atoms with Crippen LogP contribution in [0.4, 0.5) is 0 Å². The second kappa shape index (κ2) is 6.23. The smallest absolute Gasteiger partial charge is 0.224 e. The number of rotatable bonds is 6. The number of carbonyl (C=O) groups is 1. The van der Waals surface area contributed by atoms with Gasteiger partial charge >= 0.3 is 0 Å². The minimum absolute atomic E-state index is 0.0433. The molecule has 7 heteroatoms. The highest BCUT2D eigenvalue weighted by Gasteiger charge is 2.22. The Bertz CT molecular complexity index is 582. The van der Waals surface area contributed by atoms with Crippen molar-refractivity contribution in [1.82, 2.24) is 10.0 Å². The Hall–Kier alpha value is -1.60. The largest absolute Gasteiger partial charge is 0.508 e. The van der Waals surface area contributed by atoms with Gasteiger partial charge in [-0.1, -0.05) is 18.2 Å². The number of phenols is 1. The maximum Gasteiger partial charge on any atom is 0.224 e. The molecule has 1 rings (SSSR count). The highest BCUT2D eigenvalue weighted by molar-refractivity contribution is 7.88. The molecule has 1 amide bonds. The number of sulfonamides is 1. The molecule has 3 N–H and O–H groups in total. The fourth-order valence-corrected chi connectivity index (χ4v) is 2.83. The Morgan fingerprint density at radius 3 is 2.45 bits per heavy atom. The van der Waals surface area contributed by atoms with Crippen LogP contribution < -0.4 is 10.0 Å². The van der Waals surface area contributed by atoms with Crippen molar-refractivity contribution in [1.29, 1.82) is 0 Å². The summed E-state index contributed by atoms with van der Waals surface area (Å²) in [4.78, 5) is 11.8. The van der Waals surface area contributed by atoms with Crippen LogP contribution in [0.15, 0.2) is 24.3 Å². The molecule has 0 aliphatic heterocycles. The summed E-state index contributed by atoms with van der Waals surface area (Å²) in [6.45, 7) is 3.51. The van der Waals surface area contributed by atoms with Gasteiger partial charge in [0, 0.05) is 17.6 Å². The van der Waals surface area contributed by atoms with E-state index in [1.54, 1.807) is 32.0 Å². The fourth-order valence-electron chi connectivity index (χ4n) is 1.75. The summed E-state index contributed by atoms with van der Waals surface area (Å²) in [5, 5.41) is 12.2. The first-order valence-electron chi connectivity index (χ1n) is 6.12. The zero-order valence-corrected chi connectivity index (χ0v) is 12.6. The van der Waals surface area contributed by atoms with Gasteiger partial charge in [0.2, 0.25) is 15.9 Å². The molecule has 112 valence electrons. The summed E-state index contributed by atoms with van der Waals surface area (Å²) in [7, 11) is -3.34. The van der Waals surface area contributed by atoms with Crippen LogP contribution in [0.1, 0.15) is 19.4 Å². The fraction of sp³-hybridized carbons (Fsp3) is 0.462. The van der Waals surface area contributed by atoms with Gasteiger partial charge in [0.25, 0.3) is 0 Å². The normalized spacial score (nSPS) is 12.2. The topological polar surface area (TPSA) is 95.5 Å². The van der Waals surface area contributed by atoms with Crippen molar-refractivity contribution >= 4 is 15.9 Å². The minimum Gasteiger partial charge on any atom is -0.508 e. The maximum atomic E-state index is 11.8. The van der Waals surface area contributed by atoms with E-state index >= 15 is 0 Å². The first-order valence-corrected chi connectivity index (χ1v) is 8.01. The van der Waals surface area contributed by atoms with E-state index in [1.807, 2.05) is 0 Å². The number of benzene rings is 1. The third-order valence-electron chi connectivity index (χ3n) is 2.53. The van der Waals surface area contributed by atoms with Gasteiger partial charge in [-0.25, -0.2) is 13.1 Å². The van der Waals surface area contributed by atoms with Crippen LogP contribution in [0.2, 0.25) is 0 Å². The quantitative estimate of drug-likeness (QED) is 0.707. The molecule has 0 atom stereocenters. The molecule has 1 aromatic rings. The number of hydrogen-bond donors (Lipinski definition) is 3. The van der Waals surface area contributed by atoms with E-state index in [0.29, 0.717) is 5.56 Å². The van der Waals surface area contributed by atoms with Crippen molar-refractivity contribution in [3.8, 4) is 5.75 Å². The van der Waals surface area contributed by atoms with Gasteiger partial charge in [0.1, 0.15) is 5.75 Å². The second-order valence-corrected chi connectivity index (χ2v) is 7.09. The third kappa shape index (κ3) is 6.03. The van der Waals surface area contributed by atoms with Crippen LogP contribution in [-0.2, 0) is 21.2 Å². The van der Waals surface area contributed by atoms with Gasteiger partial charge in [-0.15, -0.1) is 0 Å². The van der Waals surface area contributed by atoms with Crippen LogP contribution in [-0.4, -0.2) is 37.8 Å². The second-order valence-electron chi connectivity index (χ2n) is 5.34. The molecule has 6 nitrogen and oxygen atoms in total. The number of para-hydroxylation sites is 1. The minimum atomic E-state index is -3.34. The average Bonchev–Trinajstić information content (AvgIpc) is 2.27. The highest BCUT2D eigenvalue weighted by atomic mass is 32.2. The van der Waals surface area contributed by atoms with Crippen molar-refractivity contribution in [2.24, 2.45) is 0 Å². The van der Waals surface area contributed by atoms with Gasteiger partial charge in [0.05, 0.1) is 12.7 Å². The Labute approximate surface area is 119 Å². The lowest BCUT2D eigenvalue weighted by atomic mass is 10.1. The van der Waals surface area contributed by atoms with E-state index in [-0.39, 0.29) is 24.6 Å². The number of nitrogens with one attached hydrogen (secondary N) is 2. The molecule has 0 radical (unpaired) electrons. The molecule has 0 fully saturated rings. The molecule has 0 unspecified atom stereocenters. The van der Waals surface area contributed by atoms with Gasteiger partial charge in [-0.2, -0.15) is 0 Å². The molecule has 0 spiro atoms. The van der Waals surface area contributed by atoms with E-state index in [0.717, 1.165) is 6.26 Å². The molecule has 0 saturated heterocycles. The van der Waals surface area contributed by atoms with Crippen LogP contribution in [0, 0.1) is 0 Å². The Morgan fingerprint density at radius 1 is 1.30 bits per heavy atom. The van der Waals surface area contributed by atoms with Crippen molar-refractivity contribution < 1.29 is 18.3 Å². The van der Waals surface area contributed by atoms with E-state index in [9.17, 15) is 18.3 Å². The molecule has 0 saturated carbocycles. The molecule has 1 aromatic carbocycles. The number of aromatic hydroxyl groups is 1. The molecule has 0 aliphatic carbocycles. The average molecular weight is 300 g/mol. The molecular weight excluding hydrogens is 280 g/mol. The number of hydrogen-bond acceptors (Lipinski definition) is 4. The predicted octanol–water partition coefficient (Wildman–Crippen LogP) is 0.379. The first kappa shape index (κ1) is 16.5. The number of amides is 1. The summed E-state index contributed by atoms with van der Waals surface area (Å²) in [6.07, 6.45) is 1.11. The van der Waals surface area contributed by atoms with Crippen LogP contribution in [0.25, 0.3) is 0 Å². The lowest BCUT2D eigenvalue weighted by Crippen LogP contribution is -2.51. The molecular formula is C13H20N2O4S. The standard InChI is InChI=1S/C13H20N2O4S/c1-13(2,15-20(3,18)19)9-14-12(17)8-10-6-4-5-7-11(10)16/h4-7,15-16H,8-9H2,1-3H3,(H,14,17). The molecule has 20 heavy (non-hydrogen) atoms. The number of phenolic OH excluding ortho intramolecular Hbond substituents is 1. The molecule has 0 aliphatic rings. The lowest BCUT2D eigenvalue weighted by molar-refractivity contribution is -0.120. The van der Waals surface area contributed by atoms with Crippen LogP contribution in [0.5, 0.6) is 5.75 Å². The lowest BCUT2D eigenvalue weighted by Gasteiger charge is -2.25. The van der Waals surface area contributed by atoms with E-state index < -0.39 is 15.6 Å². The Balaban J connectivity index is 2.54. The third-order valence-corrected chi connectivity index (χ3v) is 3.46. The molecule has 0 bridgehead atoms. The number of carbonyl (C=O) groups excluding carboxylic acids is 1. The summed E-state index contributed by atoms with van der Waals surface area (Å²) in [5.41, 5.74) is -0.249. The van der Waals surface area contributed by atoms with E-state index in [2.05, 4.69) is 10.0 Å². The zero-order chi connectivity index (χ0) is 15.4. The summed E-state index contributed by atoms with van der Waals surface area (Å²) in [5.74, 6) is -0.217. The van der Waals surface area contributed by atoms with Gasteiger partial charge < -0.3 is 10.4 Å². The SMILES string of the molecule is CC(C)(CNC(=O)Cc1ccccc1O)NS(C)(=O)=O. The monoisotopic (exact) mass is 300 g/mol. The van der Waals surface area contributed by atoms with Gasteiger partial charge in [-0.05, 0) is 19.9 Å².